The van der Waals surface area contributed by atoms with Gasteiger partial charge < -0.3 is 5.32 Å². The van der Waals surface area contributed by atoms with E-state index in [4.69, 9.17) is 0 Å². The topological polar surface area (TPSA) is 66.9 Å². The maximum Gasteiger partial charge on any atom is 0.271 e. The number of aromatic amines is 1. The Hall–Kier alpha value is -3.08. The number of carbonyl (C=O) groups excluding carboxylic acids is 1. The lowest BCUT2D eigenvalue weighted by atomic mass is 9.88. The van der Waals surface area contributed by atoms with E-state index in [1.807, 2.05) is 36.4 Å². The number of H-pyrrole nitrogens is 1. The van der Waals surface area contributed by atoms with Crippen molar-refractivity contribution in [2.45, 2.75) is 25.3 Å². The van der Waals surface area contributed by atoms with Crippen LogP contribution in [0.25, 0.3) is 5.69 Å². The van der Waals surface area contributed by atoms with Crippen LogP contribution in [0.3, 0.4) is 0 Å². The van der Waals surface area contributed by atoms with E-state index in [1.54, 1.807) is 0 Å². The van der Waals surface area contributed by atoms with Crippen LogP contribution in [0.15, 0.2) is 65.5 Å². The molecule has 1 aliphatic carbocycles. The lowest BCUT2D eigenvalue weighted by Crippen LogP contribution is -2.39. The molecule has 0 saturated carbocycles. The van der Waals surface area contributed by atoms with E-state index >= 15 is 0 Å². The predicted molar refractivity (Wildman–Crippen MR) is 96.1 cm³/mol. The second-order valence-corrected chi connectivity index (χ2v) is 6.36. The van der Waals surface area contributed by atoms with Crippen molar-refractivity contribution in [3.05, 3.63) is 87.8 Å². The van der Waals surface area contributed by atoms with Gasteiger partial charge in [-0.2, -0.15) is 0 Å². The first kappa shape index (κ1) is 15.4. The number of hydrogen-bond acceptors (Lipinski definition) is 2. The summed E-state index contributed by atoms with van der Waals surface area (Å²) in [6.45, 7) is 0. The maximum atomic E-state index is 12.5. The smallest absolute Gasteiger partial charge is 0.271 e. The summed E-state index contributed by atoms with van der Waals surface area (Å²) in [5, 5.41) is 5.94. The van der Waals surface area contributed by atoms with E-state index in [9.17, 15) is 9.59 Å². The van der Waals surface area contributed by atoms with Crippen molar-refractivity contribution in [1.29, 1.82) is 0 Å². The fourth-order valence-corrected chi connectivity index (χ4v) is 3.37. The third-order valence-corrected chi connectivity index (χ3v) is 4.66. The number of hydrogen-bond donors (Lipinski definition) is 2. The van der Waals surface area contributed by atoms with Gasteiger partial charge in [-0.1, -0.05) is 42.5 Å². The van der Waals surface area contributed by atoms with Crippen LogP contribution >= 0.6 is 0 Å². The molecule has 2 aromatic carbocycles. The van der Waals surface area contributed by atoms with E-state index in [0.717, 1.165) is 19.3 Å². The lowest BCUT2D eigenvalue weighted by molar-refractivity contribution is 0.0928. The maximum absolute atomic E-state index is 12.5. The van der Waals surface area contributed by atoms with Crippen molar-refractivity contribution in [1.82, 2.24) is 15.1 Å². The summed E-state index contributed by atoms with van der Waals surface area (Å²) < 4.78 is 1.38. The summed E-state index contributed by atoms with van der Waals surface area (Å²) in [6.07, 6.45) is 2.70. The molecule has 1 aromatic heterocycles. The van der Waals surface area contributed by atoms with Crippen LogP contribution in [0.5, 0.6) is 0 Å². The van der Waals surface area contributed by atoms with Crippen molar-refractivity contribution in [3.8, 4) is 5.69 Å². The number of nitrogens with zero attached hydrogens (tertiary/aromatic N) is 1. The van der Waals surface area contributed by atoms with Gasteiger partial charge in [0.25, 0.3) is 11.5 Å². The molecule has 0 radical (unpaired) electrons. The van der Waals surface area contributed by atoms with Crippen LogP contribution in [0, 0.1) is 0 Å². The average Bonchev–Trinajstić information content (AvgIpc) is 3.04. The Morgan fingerprint density at radius 1 is 1.04 bits per heavy atom. The minimum atomic E-state index is -0.245. The number of benzene rings is 2. The number of para-hydroxylation sites is 1. The Kier molecular flexibility index (Phi) is 3.98. The minimum absolute atomic E-state index is 0.0889. The van der Waals surface area contributed by atoms with Crippen LogP contribution in [0.1, 0.15) is 28.0 Å². The number of fused-ring (bicyclic) bond motifs is 1. The molecular formula is C20H19N3O2. The number of carbonyl (C=O) groups is 1. The molecule has 25 heavy (non-hydrogen) atoms. The SMILES string of the molecule is O=C(NC1CCc2ccccc2C1)c1cc(=O)n(-c2ccccc2)[nH]1. The van der Waals surface area contributed by atoms with Gasteiger partial charge in [-0.3, -0.25) is 14.7 Å². The number of aryl methyl sites for hydroxylation is 1. The Morgan fingerprint density at radius 2 is 1.76 bits per heavy atom. The lowest BCUT2D eigenvalue weighted by Gasteiger charge is -2.25. The normalized spacial score (nSPS) is 16.2. The van der Waals surface area contributed by atoms with Crippen molar-refractivity contribution >= 4 is 5.91 Å². The molecule has 3 aromatic rings. The molecule has 1 heterocycles. The van der Waals surface area contributed by atoms with Gasteiger partial charge in [0.1, 0.15) is 5.69 Å². The third-order valence-electron chi connectivity index (χ3n) is 4.66. The molecule has 4 rings (SSSR count). The molecular weight excluding hydrogens is 314 g/mol. The fraction of sp³-hybridized carbons (Fsp3) is 0.200. The molecule has 0 aliphatic heterocycles. The Bertz CT molecular complexity index is 956. The van der Waals surface area contributed by atoms with Crippen LogP contribution in [0.4, 0.5) is 0 Å². The molecule has 126 valence electrons. The first-order valence-corrected chi connectivity index (χ1v) is 8.46. The zero-order valence-electron chi connectivity index (χ0n) is 13.7. The third kappa shape index (κ3) is 3.13. The average molecular weight is 333 g/mol. The number of nitrogens with one attached hydrogen (secondary N) is 2. The highest BCUT2D eigenvalue weighted by molar-refractivity contribution is 5.92. The first-order chi connectivity index (χ1) is 12.2. The zero-order chi connectivity index (χ0) is 17.2. The van der Waals surface area contributed by atoms with Gasteiger partial charge in [-0.05, 0) is 42.5 Å². The second-order valence-electron chi connectivity index (χ2n) is 6.36. The number of rotatable bonds is 3. The molecule has 0 spiro atoms. The largest absolute Gasteiger partial charge is 0.348 e. The van der Waals surface area contributed by atoms with Gasteiger partial charge in [0, 0.05) is 12.1 Å². The molecule has 0 fully saturated rings. The standard InChI is InChI=1S/C20H19N3O2/c24-19-13-18(22-23(19)17-8-2-1-3-9-17)20(25)21-16-11-10-14-6-4-5-7-15(14)12-16/h1-9,13,16,22H,10-12H2,(H,21,25). The Morgan fingerprint density at radius 3 is 2.56 bits per heavy atom. The van der Waals surface area contributed by atoms with Crippen molar-refractivity contribution in [2.75, 3.05) is 0 Å². The van der Waals surface area contributed by atoms with E-state index in [-0.39, 0.29) is 23.2 Å². The minimum Gasteiger partial charge on any atom is -0.348 e. The van der Waals surface area contributed by atoms with Gasteiger partial charge in [0.05, 0.1) is 5.69 Å². The van der Waals surface area contributed by atoms with Crippen LogP contribution in [-0.4, -0.2) is 21.7 Å². The second kappa shape index (κ2) is 6.43. The van der Waals surface area contributed by atoms with E-state index in [0.29, 0.717) is 5.69 Å². The van der Waals surface area contributed by atoms with Crippen LogP contribution in [-0.2, 0) is 12.8 Å². The van der Waals surface area contributed by atoms with Crippen molar-refractivity contribution in [3.63, 3.8) is 0 Å². The van der Waals surface area contributed by atoms with Crippen molar-refractivity contribution < 1.29 is 4.79 Å². The van der Waals surface area contributed by atoms with E-state index < -0.39 is 0 Å². The first-order valence-electron chi connectivity index (χ1n) is 8.46. The molecule has 5 nitrogen and oxygen atoms in total. The summed E-state index contributed by atoms with van der Waals surface area (Å²) in [7, 11) is 0. The highest BCUT2D eigenvalue weighted by Gasteiger charge is 2.21. The summed E-state index contributed by atoms with van der Waals surface area (Å²) in [6, 6.07) is 19.0. The highest BCUT2D eigenvalue weighted by atomic mass is 16.2. The van der Waals surface area contributed by atoms with Gasteiger partial charge in [-0.15, -0.1) is 0 Å². The molecule has 0 saturated heterocycles. The summed E-state index contributed by atoms with van der Waals surface area (Å²) >= 11 is 0. The Balaban J connectivity index is 1.50. The molecule has 1 unspecified atom stereocenters. The van der Waals surface area contributed by atoms with Gasteiger partial charge in [-0.25, -0.2) is 4.68 Å². The molecule has 5 heteroatoms. The molecule has 2 N–H and O–H groups in total. The van der Waals surface area contributed by atoms with Crippen LogP contribution in [0.2, 0.25) is 0 Å². The summed E-state index contributed by atoms with van der Waals surface area (Å²) in [4.78, 5) is 24.7. The quantitative estimate of drug-likeness (QED) is 0.773. The van der Waals surface area contributed by atoms with E-state index in [1.165, 1.54) is 21.9 Å². The van der Waals surface area contributed by atoms with Gasteiger partial charge in [0.2, 0.25) is 0 Å². The number of aromatic nitrogens is 2. The van der Waals surface area contributed by atoms with Gasteiger partial charge >= 0.3 is 0 Å². The number of amides is 1. The summed E-state index contributed by atoms with van der Waals surface area (Å²) in [5.74, 6) is -0.240. The van der Waals surface area contributed by atoms with Crippen LogP contribution < -0.4 is 10.9 Å². The molecule has 1 amide bonds. The van der Waals surface area contributed by atoms with Gasteiger partial charge in [0.15, 0.2) is 0 Å². The fourth-order valence-electron chi connectivity index (χ4n) is 3.37. The van der Waals surface area contributed by atoms with E-state index in [2.05, 4.69) is 28.6 Å². The summed E-state index contributed by atoms with van der Waals surface area (Å²) in [5.41, 5.74) is 3.39. The molecule has 1 atom stereocenters. The molecule has 1 aliphatic rings. The highest BCUT2D eigenvalue weighted by Crippen LogP contribution is 2.21. The zero-order valence-corrected chi connectivity index (χ0v) is 13.7. The predicted octanol–water partition coefficient (Wildman–Crippen LogP) is 2.45. The molecule has 0 bridgehead atoms. The Labute approximate surface area is 145 Å². The monoisotopic (exact) mass is 333 g/mol. The van der Waals surface area contributed by atoms with Crippen molar-refractivity contribution in [2.24, 2.45) is 0 Å².